The number of nitrogens with zero attached hydrogens (tertiary/aromatic N) is 2. The van der Waals surface area contributed by atoms with Crippen LogP contribution in [0.15, 0.2) is 36.4 Å². The summed E-state index contributed by atoms with van der Waals surface area (Å²) in [7, 11) is -2.48. The summed E-state index contributed by atoms with van der Waals surface area (Å²) in [5.74, 6) is 0.361. The Hall–Kier alpha value is -2.13. The minimum atomic E-state index is -2.48. The van der Waals surface area contributed by atoms with E-state index in [2.05, 4.69) is 93.1 Å². The molecule has 0 aliphatic carbocycles. The van der Waals surface area contributed by atoms with Gasteiger partial charge in [-0.3, -0.25) is 0 Å². The van der Waals surface area contributed by atoms with Gasteiger partial charge in [0.2, 0.25) is 0 Å². The van der Waals surface area contributed by atoms with Gasteiger partial charge in [-0.15, -0.1) is 0 Å². The van der Waals surface area contributed by atoms with Gasteiger partial charge in [-0.25, -0.2) is 4.57 Å². The second-order valence-electron chi connectivity index (χ2n) is 10.4. The highest BCUT2D eigenvalue weighted by Gasteiger charge is 2.53. The van der Waals surface area contributed by atoms with Crippen LogP contribution >= 0.6 is 0 Å². The Morgan fingerprint density at radius 2 is 1.70 bits per heavy atom. The number of aromatic nitrogens is 2. The topological polar surface area (TPSA) is 9.03 Å². The van der Waals surface area contributed by atoms with E-state index < -0.39 is 20.0 Å². The Morgan fingerprint density at radius 1 is 1.03 bits per heavy atom. The van der Waals surface area contributed by atoms with Crippen molar-refractivity contribution in [1.82, 2.24) is 4.57 Å². The molecule has 0 N–H and O–H groups in total. The fraction of sp³-hybridized carbons (Fsp3) is 0.444. The third kappa shape index (κ3) is 2.12. The molecular formula is C27H35N2Si+. The van der Waals surface area contributed by atoms with Crippen molar-refractivity contribution in [2.24, 2.45) is 0 Å². The Bertz CT molecular complexity index is 1460. The van der Waals surface area contributed by atoms with Crippen LogP contribution in [0.1, 0.15) is 74.5 Å². The lowest BCUT2D eigenvalue weighted by Gasteiger charge is -2.41. The van der Waals surface area contributed by atoms with Gasteiger partial charge in [-0.2, -0.15) is 4.40 Å². The lowest BCUT2D eigenvalue weighted by Crippen LogP contribution is -2.64. The monoisotopic (exact) mass is 418 g/mol. The van der Waals surface area contributed by atoms with Gasteiger partial charge in [-0.05, 0) is 30.5 Å². The van der Waals surface area contributed by atoms with Gasteiger partial charge in [0.25, 0.3) is 5.65 Å². The van der Waals surface area contributed by atoms with E-state index in [0.717, 1.165) is 17.0 Å². The molecule has 0 amide bonds. The fourth-order valence-corrected chi connectivity index (χ4v) is 8.69. The summed E-state index contributed by atoms with van der Waals surface area (Å²) in [6.45, 7) is 15.5. The maximum absolute atomic E-state index is 8.81. The molecule has 1 unspecified atom stereocenters. The largest absolute Gasteiger partial charge is 0.295 e. The van der Waals surface area contributed by atoms with Gasteiger partial charge in [0.05, 0.1) is 11.4 Å². The van der Waals surface area contributed by atoms with Crippen molar-refractivity contribution in [3.63, 3.8) is 0 Å². The summed E-state index contributed by atoms with van der Waals surface area (Å²) < 4.78 is 31.2. The van der Waals surface area contributed by atoms with Crippen molar-refractivity contribution < 1.29 is 8.51 Å². The zero-order valence-corrected chi connectivity index (χ0v) is 20.5. The Balaban J connectivity index is 2.25. The van der Waals surface area contributed by atoms with Crippen molar-refractivity contribution in [1.29, 1.82) is 0 Å². The molecule has 1 aliphatic rings. The molecule has 0 spiro atoms. The number of benzene rings is 2. The molecule has 5 rings (SSSR count). The first-order valence-corrected chi connectivity index (χ1v) is 14.2. The lowest BCUT2D eigenvalue weighted by molar-refractivity contribution is -0.493. The molecule has 1 atom stereocenters. The first-order valence-electron chi connectivity index (χ1n) is 12.7. The molecule has 2 aromatic heterocycles. The Kier molecular flexibility index (Phi) is 3.29. The van der Waals surface area contributed by atoms with Crippen molar-refractivity contribution in [2.75, 3.05) is 0 Å². The van der Waals surface area contributed by atoms with Gasteiger partial charge >= 0.3 is 0 Å². The standard InChI is InChI=1S/C27H35N2Si/c1-16(2)19-12-10-13-20-21-14-11-15-22-24(21)29-25(27(6,7)30(22,8)9)18(5)28(17(3)4)26(29)23(19)20/h10-17H,1-9H3/q+1/i6D3. The third-order valence-electron chi connectivity index (χ3n) is 7.77. The highest BCUT2D eigenvalue weighted by Crippen LogP contribution is 2.43. The molecule has 0 radical (unpaired) electrons. The van der Waals surface area contributed by atoms with Crippen LogP contribution in [0.4, 0.5) is 0 Å². The van der Waals surface area contributed by atoms with Crippen LogP contribution in [0.25, 0.3) is 27.3 Å². The number of para-hydroxylation sites is 1. The van der Waals surface area contributed by atoms with E-state index in [0.29, 0.717) is 5.92 Å². The highest BCUT2D eigenvalue weighted by molar-refractivity contribution is 6.93. The summed E-state index contributed by atoms with van der Waals surface area (Å²) in [5.41, 5.74) is 5.77. The van der Waals surface area contributed by atoms with Crippen molar-refractivity contribution in [2.45, 2.75) is 78.5 Å². The molecule has 156 valence electrons. The van der Waals surface area contributed by atoms with Crippen molar-refractivity contribution in [3.8, 4) is 0 Å². The van der Waals surface area contributed by atoms with E-state index in [-0.39, 0.29) is 6.04 Å². The van der Waals surface area contributed by atoms with Crippen LogP contribution in [0.2, 0.25) is 13.1 Å². The van der Waals surface area contributed by atoms with Gasteiger partial charge < -0.3 is 0 Å². The van der Waals surface area contributed by atoms with E-state index in [1.807, 2.05) is 6.92 Å². The summed E-state index contributed by atoms with van der Waals surface area (Å²) in [6, 6.07) is 13.4. The third-order valence-corrected chi connectivity index (χ3v) is 12.3. The number of rotatable bonds is 2. The van der Waals surface area contributed by atoms with Crippen LogP contribution in [0.3, 0.4) is 0 Å². The fourth-order valence-electron chi connectivity index (χ4n) is 5.91. The molecule has 3 heteroatoms. The first kappa shape index (κ1) is 16.5. The molecule has 30 heavy (non-hydrogen) atoms. The lowest BCUT2D eigenvalue weighted by atomic mass is 9.94. The summed E-state index contributed by atoms with van der Waals surface area (Å²) in [5, 5.41) is 4.10. The SMILES string of the molecule is [2H]C([2H])([2H])C1(C)c2c(C)n(C(C)C)c3c4c(C(C)C)cccc4c4cccc(c4[n+]23)[Si]1(C)C. The molecule has 0 fully saturated rings. The van der Waals surface area contributed by atoms with Crippen molar-refractivity contribution in [3.05, 3.63) is 53.3 Å². The van der Waals surface area contributed by atoms with Gasteiger partial charge in [0.1, 0.15) is 19.3 Å². The molecule has 2 nitrogen and oxygen atoms in total. The predicted molar refractivity (Wildman–Crippen MR) is 132 cm³/mol. The van der Waals surface area contributed by atoms with Gasteiger partial charge in [0.15, 0.2) is 5.69 Å². The summed E-state index contributed by atoms with van der Waals surface area (Å²) in [4.78, 5) is 0. The smallest absolute Gasteiger partial charge is 0.225 e. The van der Waals surface area contributed by atoms with Crippen LogP contribution < -0.4 is 9.59 Å². The molecule has 0 saturated carbocycles. The van der Waals surface area contributed by atoms with Gasteiger partial charge in [0, 0.05) is 26.8 Å². The number of hydrogen-bond acceptors (Lipinski definition) is 0. The van der Waals surface area contributed by atoms with E-state index in [1.165, 1.54) is 32.4 Å². The van der Waals surface area contributed by atoms with E-state index in [1.54, 1.807) is 0 Å². The van der Waals surface area contributed by atoms with Crippen molar-refractivity contribution >= 4 is 40.6 Å². The van der Waals surface area contributed by atoms with E-state index in [9.17, 15) is 0 Å². The Labute approximate surface area is 185 Å². The highest BCUT2D eigenvalue weighted by atomic mass is 28.3. The minimum Gasteiger partial charge on any atom is -0.225 e. The average molecular weight is 419 g/mol. The maximum atomic E-state index is 8.81. The molecule has 4 aromatic rings. The summed E-state index contributed by atoms with van der Waals surface area (Å²) in [6.07, 6.45) is 0. The van der Waals surface area contributed by atoms with Crippen LogP contribution in [-0.4, -0.2) is 12.6 Å². The van der Waals surface area contributed by atoms with Crippen LogP contribution in [-0.2, 0) is 5.04 Å². The minimum absolute atomic E-state index is 0.213. The molecule has 1 aliphatic heterocycles. The van der Waals surface area contributed by atoms with E-state index >= 15 is 0 Å². The van der Waals surface area contributed by atoms with E-state index in [4.69, 9.17) is 4.11 Å². The molecule has 2 aromatic carbocycles. The van der Waals surface area contributed by atoms with Crippen LogP contribution in [0, 0.1) is 6.92 Å². The van der Waals surface area contributed by atoms with Gasteiger partial charge in [-0.1, -0.05) is 77.1 Å². The normalized spacial score (nSPS) is 22.4. The number of imidazole rings is 1. The number of hydrogen-bond donors (Lipinski definition) is 0. The second-order valence-corrected chi connectivity index (χ2v) is 15.2. The maximum Gasteiger partial charge on any atom is 0.295 e. The average Bonchev–Trinajstić information content (AvgIpc) is 3.04. The first-order chi connectivity index (χ1) is 15.3. The zero-order chi connectivity index (χ0) is 24.2. The Morgan fingerprint density at radius 3 is 2.33 bits per heavy atom. The summed E-state index contributed by atoms with van der Waals surface area (Å²) >= 11 is 0. The number of pyridine rings is 1. The second kappa shape index (κ2) is 5.97. The molecule has 3 heterocycles. The number of fused-ring (bicyclic) bond motifs is 3. The van der Waals surface area contributed by atoms with Crippen LogP contribution in [0.5, 0.6) is 0 Å². The molecular weight excluding hydrogens is 380 g/mol. The predicted octanol–water partition coefficient (Wildman–Crippen LogP) is 6.29. The zero-order valence-electron chi connectivity index (χ0n) is 22.5. The molecule has 0 saturated heterocycles. The molecule has 0 bridgehead atoms. The quantitative estimate of drug-likeness (QED) is 0.205.